The minimum atomic E-state index is -0.476. The number of halogens is 1. The van der Waals surface area contributed by atoms with Gasteiger partial charge in [-0.1, -0.05) is 34.1 Å². The van der Waals surface area contributed by atoms with Crippen LogP contribution in [0.1, 0.15) is 12.0 Å². The van der Waals surface area contributed by atoms with Crippen molar-refractivity contribution in [3.8, 4) is 0 Å². The largest absolute Gasteiger partial charge is 0.370 e. The summed E-state index contributed by atoms with van der Waals surface area (Å²) in [5.41, 5.74) is 7.59. The van der Waals surface area contributed by atoms with Gasteiger partial charge in [0.25, 0.3) is 0 Å². The SMILES string of the molecule is Cc1cc(Br)ccc1NC(=O)CN(C)CC(=O)N(CCC(N)=O)c1ccccc1. The number of aryl methyl sites for hydroxylation is 1. The van der Waals surface area contributed by atoms with Crippen molar-refractivity contribution in [2.45, 2.75) is 13.3 Å². The van der Waals surface area contributed by atoms with Crippen LogP contribution in [0.2, 0.25) is 0 Å². The van der Waals surface area contributed by atoms with Crippen LogP contribution in [-0.2, 0) is 14.4 Å². The highest BCUT2D eigenvalue weighted by Gasteiger charge is 2.19. The number of para-hydroxylation sites is 1. The third kappa shape index (κ3) is 7.32. The lowest BCUT2D eigenvalue weighted by atomic mass is 10.2. The molecule has 2 aromatic rings. The zero-order chi connectivity index (χ0) is 21.4. The molecule has 0 atom stereocenters. The highest BCUT2D eigenvalue weighted by atomic mass is 79.9. The molecule has 0 spiro atoms. The van der Waals surface area contributed by atoms with Gasteiger partial charge in [-0.3, -0.25) is 19.3 Å². The molecule has 0 saturated carbocycles. The molecule has 7 nitrogen and oxygen atoms in total. The highest BCUT2D eigenvalue weighted by Crippen LogP contribution is 2.20. The number of rotatable bonds is 9. The van der Waals surface area contributed by atoms with E-state index >= 15 is 0 Å². The first-order chi connectivity index (χ1) is 13.8. The standard InChI is InChI=1S/C21H25BrN4O3/c1-15-12-16(22)8-9-18(15)24-20(28)13-25(2)14-21(29)26(11-10-19(23)27)17-6-4-3-5-7-17/h3-9,12H,10-11,13-14H2,1-2H3,(H2,23,27)(H,24,28). The van der Waals surface area contributed by atoms with E-state index in [9.17, 15) is 14.4 Å². The lowest BCUT2D eigenvalue weighted by molar-refractivity contribution is -0.121. The van der Waals surface area contributed by atoms with E-state index in [2.05, 4.69) is 21.2 Å². The van der Waals surface area contributed by atoms with Crippen LogP contribution >= 0.6 is 15.9 Å². The molecule has 29 heavy (non-hydrogen) atoms. The average molecular weight is 461 g/mol. The topological polar surface area (TPSA) is 95.7 Å². The molecule has 0 heterocycles. The van der Waals surface area contributed by atoms with Crippen molar-refractivity contribution >= 4 is 45.0 Å². The second-order valence-electron chi connectivity index (χ2n) is 6.78. The van der Waals surface area contributed by atoms with Crippen LogP contribution in [0.25, 0.3) is 0 Å². The van der Waals surface area contributed by atoms with Crippen molar-refractivity contribution in [2.75, 3.05) is 36.9 Å². The molecule has 0 saturated heterocycles. The number of amides is 3. The molecule has 0 radical (unpaired) electrons. The monoisotopic (exact) mass is 460 g/mol. The van der Waals surface area contributed by atoms with E-state index in [4.69, 9.17) is 5.73 Å². The van der Waals surface area contributed by atoms with Gasteiger partial charge in [-0.25, -0.2) is 0 Å². The number of benzene rings is 2. The zero-order valence-corrected chi connectivity index (χ0v) is 18.1. The van der Waals surface area contributed by atoms with E-state index in [1.54, 1.807) is 24.1 Å². The van der Waals surface area contributed by atoms with Crippen LogP contribution < -0.4 is 16.0 Å². The van der Waals surface area contributed by atoms with Crippen molar-refractivity contribution in [3.63, 3.8) is 0 Å². The fourth-order valence-electron chi connectivity index (χ4n) is 2.80. The number of primary amides is 1. The lowest BCUT2D eigenvalue weighted by Crippen LogP contribution is -2.42. The fraction of sp³-hybridized carbons (Fsp3) is 0.286. The summed E-state index contributed by atoms with van der Waals surface area (Å²) in [6.45, 7) is 2.18. The van der Waals surface area contributed by atoms with Crippen molar-refractivity contribution in [1.82, 2.24) is 4.90 Å². The quantitative estimate of drug-likeness (QED) is 0.600. The number of nitrogens with two attached hydrogens (primary N) is 1. The number of nitrogens with one attached hydrogen (secondary N) is 1. The lowest BCUT2D eigenvalue weighted by Gasteiger charge is -2.25. The average Bonchev–Trinajstić information content (AvgIpc) is 2.64. The molecule has 154 valence electrons. The molecule has 0 bridgehead atoms. The Morgan fingerprint density at radius 2 is 1.76 bits per heavy atom. The molecule has 0 aliphatic rings. The first-order valence-corrected chi connectivity index (χ1v) is 9.94. The van der Waals surface area contributed by atoms with E-state index in [0.717, 1.165) is 15.7 Å². The van der Waals surface area contributed by atoms with Gasteiger partial charge in [-0.2, -0.15) is 0 Å². The Labute approximate surface area is 179 Å². The smallest absolute Gasteiger partial charge is 0.241 e. The van der Waals surface area contributed by atoms with Gasteiger partial charge in [0, 0.05) is 28.8 Å². The van der Waals surface area contributed by atoms with E-state index in [0.29, 0.717) is 5.69 Å². The molecule has 0 fully saturated rings. The number of anilines is 2. The predicted octanol–water partition coefficient (Wildman–Crippen LogP) is 2.54. The van der Waals surface area contributed by atoms with E-state index < -0.39 is 5.91 Å². The molecule has 3 N–H and O–H groups in total. The maximum Gasteiger partial charge on any atom is 0.241 e. The summed E-state index contributed by atoms with van der Waals surface area (Å²) >= 11 is 3.39. The Kier molecular flexibility index (Phi) is 8.35. The van der Waals surface area contributed by atoms with Crippen LogP contribution in [0.3, 0.4) is 0 Å². The maximum atomic E-state index is 12.8. The molecule has 0 aromatic heterocycles. The highest BCUT2D eigenvalue weighted by molar-refractivity contribution is 9.10. The molecule has 2 aromatic carbocycles. The summed E-state index contributed by atoms with van der Waals surface area (Å²) in [6.07, 6.45) is 0.0632. The first kappa shape index (κ1) is 22.6. The van der Waals surface area contributed by atoms with E-state index in [-0.39, 0.29) is 37.9 Å². The Balaban J connectivity index is 1.97. The Morgan fingerprint density at radius 3 is 2.38 bits per heavy atom. The minimum Gasteiger partial charge on any atom is -0.370 e. The van der Waals surface area contributed by atoms with Crippen LogP contribution in [0.4, 0.5) is 11.4 Å². The molecule has 0 unspecified atom stereocenters. The number of carbonyl (C=O) groups is 3. The number of likely N-dealkylation sites (N-methyl/N-ethyl adjacent to an activating group) is 1. The molecule has 0 aliphatic carbocycles. The molecule has 3 amide bonds. The van der Waals surface area contributed by atoms with Gasteiger partial charge >= 0.3 is 0 Å². The molecule has 0 aliphatic heterocycles. The molecule has 8 heteroatoms. The zero-order valence-electron chi connectivity index (χ0n) is 16.5. The maximum absolute atomic E-state index is 12.8. The summed E-state index contributed by atoms with van der Waals surface area (Å²) in [5, 5.41) is 2.86. The summed E-state index contributed by atoms with van der Waals surface area (Å²) < 4.78 is 0.938. The minimum absolute atomic E-state index is 0.0282. The predicted molar refractivity (Wildman–Crippen MR) is 118 cm³/mol. The molecular weight excluding hydrogens is 436 g/mol. The molecule has 2 rings (SSSR count). The summed E-state index contributed by atoms with van der Waals surface area (Å²) in [6, 6.07) is 14.7. The van der Waals surface area contributed by atoms with Crippen LogP contribution in [0, 0.1) is 6.92 Å². The van der Waals surface area contributed by atoms with Crippen molar-refractivity contribution in [3.05, 3.63) is 58.6 Å². The van der Waals surface area contributed by atoms with Gasteiger partial charge in [0.1, 0.15) is 0 Å². The Morgan fingerprint density at radius 1 is 1.07 bits per heavy atom. The van der Waals surface area contributed by atoms with E-state index in [1.807, 2.05) is 43.3 Å². The van der Waals surface area contributed by atoms with Crippen molar-refractivity contribution < 1.29 is 14.4 Å². The van der Waals surface area contributed by atoms with E-state index in [1.165, 1.54) is 4.90 Å². The van der Waals surface area contributed by atoms with Gasteiger partial charge < -0.3 is 16.0 Å². The first-order valence-electron chi connectivity index (χ1n) is 9.14. The molecular formula is C21H25BrN4O3. The summed E-state index contributed by atoms with van der Waals surface area (Å²) in [5.74, 6) is -0.905. The van der Waals surface area contributed by atoms with Crippen LogP contribution in [0.15, 0.2) is 53.0 Å². The van der Waals surface area contributed by atoms with Gasteiger partial charge in [-0.15, -0.1) is 0 Å². The number of nitrogens with zero attached hydrogens (tertiary/aromatic N) is 2. The van der Waals surface area contributed by atoms with Crippen molar-refractivity contribution in [2.24, 2.45) is 5.73 Å². The second kappa shape index (κ2) is 10.7. The Bertz CT molecular complexity index is 873. The van der Waals surface area contributed by atoms with Gasteiger partial charge in [0.2, 0.25) is 17.7 Å². The van der Waals surface area contributed by atoms with Gasteiger partial charge in [0.15, 0.2) is 0 Å². The third-order valence-electron chi connectivity index (χ3n) is 4.23. The third-order valence-corrected chi connectivity index (χ3v) is 4.73. The van der Waals surface area contributed by atoms with Crippen molar-refractivity contribution in [1.29, 1.82) is 0 Å². The number of carbonyl (C=O) groups excluding carboxylic acids is 3. The number of hydrogen-bond acceptors (Lipinski definition) is 4. The number of hydrogen-bond donors (Lipinski definition) is 2. The van der Waals surface area contributed by atoms with Crippen LogP contribution in [0.5, 0.6) is 0 Å². The summed E-state index contributed by atoms with van der Waals surface area (Å²) in [7, 11) is 1.70. The normalized spacial score (nSPS) is 10.6. The van der Waals surface area contributed by atoms with Crippen LogP contribution in [-0.4, -0.2) is 49.3 Å². The van der Waals surface area contributed by atoms with Gasteiger partial charge in [0.05, 0.1) is 13.1 Å². The Hall–Kier alpha value is -2.71. The summed E-state index contributed by atoms with van der Waals surface area (Å²) in [4.78, 5) is 39.4. The second-order valence-corrected chi connectivity index (χ2v) is 7.69. The fourth-order valence-corrected chi connectivity index (χ4v) is 3.28. The van der Waals surface area contributed by atoms with Gasteiger partial charge in [-0.05, 0) is 49.9 Å².